The Morgan fingerprint density at radius 3 is 1.67 bits per heavy atom. The number of urea groups is 1. The van der Waals surface area contributed by atoms with E-state index in [9.17, 15) is 4.79 Å². The highest BCUT2D eigenvalue weighted by atomic mass is 16.6. The average Bonchev–Trinajstić information content (AvgIpc) is 3.08. The van der Waals surface area contributed by atoms with E-state index in [1.54, 1.807) is 0 Å². The number of rotatable bonds is 7. The van der Waals surface area contributed by atoms with Crippen LogP contribution in [0, 0.1) is 0 Å². The number of piperidine rings is 1. The zero-order valence-electron chi connectivity index (χ0n) is 26.3. The molecule has 3 aromatic carbocycles. The lowest BCUT2D eigenvalue weighted by Gasteiger charge is -2.32. The first-order valence-corrected chi connectivity index (χ1v) is 16.3. The largest absolute Gasteiger partial charge is 0.378 e. The van der Waals surface area contributed by atoms with E-state index in [0.29, 0.717) is 52.9 Å². The molecule has 2 heterocycles. The van der Waals surface area contributed by atoms with Crippen LogP contribution in [0.4, 0.5) is 10.5 Å². The minimum Gasteiger partial charge on any atom is -0.378 e. The number of nitrogens with one attached hydrogen (secondary N) is 2. The zero-order valence-corrected chi connectivity index (χ0v) is 26.3. The first kappa shape index (κ1) is 33.1. The van der Waals surface area contributed by atoms with Gasteiger partial charge in [0.25, 0.3) is 0 Å². The number of ether oxygens (including phenoxy) is 4. The number of carbonyl (C=O) groups excluding carboxylic acids is 1. The molecule has 0 saturated carbocycles. The van der Waals surface area contributed by atoms with Gasteiger partial charge in [-0.05, 0) is 35.6 Å². The van der Waals surface area contributed by atoms with Gasteiger partial charge in [0.2, 0.25) is 0 Å². The summed E-state index contributed by atoms with van der Waals surface area (Å²) in [7, 11) is 0. The van der Waals surface area contributed by atoms with Crippen molar-refractivity contribution in [3.63, 3.8) is 0 Å². The topological polar surface area (TPSA) is 84.5 Å². The molecule has 9 heteroatoms. The number of nitrogens with zero attached hydrogens (tertiary/aromatic N) is 2. The van der Waals surface area contributed by atoms with E-state index in [-0.39, 0.29) is 12.1 Å². The maximum absolute atomic E-state index is 12.9. The second-order valence-corrected chi connectivity index (χ2v) is 11.6. The Kier molecular flexibility index (Phi) is 13.7. The van der Waals surface area contributed by atoms with E-state index >= 15 is 0 Å². The fraction of sp³-hybridized carbons (Fsp3) is 0.472. The monoisotopic (exact) mass is 616 g/mol. The minimum absolute atomic E-state index is 0.146. The van der Waals surface area contributed by atoms with Crippen LogP contribution in [0.3, 0.4) is 0 Å². The van der Waals surface area contributed by atoms with Crippen molar-refractivity contribution in [1.82, 2.24) is 15.1 Å². The van der Waals surface area contributed by atoms with Gasteiger partial charge in [-0.15, -0.1) is 0 Å². The Balaban J connectivity index is 1.04. The Morgan fingerprint density at radius 2 is 1.09 bits per heavy atom. The maximum Gasteiger partial charge on any atom is 0.319 e. The van der Waals surface area contributed by atoms with Crippen molar-refractivity contribution in [2.75, 3.05) is 84.4 Å². The van der Waals surface area contributed by atoms with E-state index in [1.165, 1.54) is 11.1 Å². The van der Waals surface area contributed by atoms with Crippen molar-refractivity contribution in [1.29, 1.82) is 0 Å². The third-order valence-corrected chi connectivity index (χ3v) is 8.24. The van der Waals surface area contributed by atoms with E-state index in [0.717, 1.165) is 68.9 Å². The number of hydrogen-bond acceptors (Lipinski definition) is 7. The van der Waals surface area contributed by atoms with Gasteiger partial charge in [-0.3, -0.25) is 9.80 Å². The summed E-state index contributed by atoms with van der Waals surface area (Å²) in [6.07, 6.45) is 1.87. The standard InChI is InChI=1S/C36H48N4O5/c41-36(38-35-9-5-4-8-34(35)32-6-2-1-3-7-32)37-33-14-16-39(17-15-33)28-30-10-12-31(13-11-30)29-40-18-20-42-22-24-44-26-27-45-25-23-43-21-19-40/h1-13,33H,14-29H2,(H2,37,38,41). The summed E-state index contributed by atoms with van der Waals surface area (Å²) in [5.74, 6) is 0. The molecule has 0 aliphatic carbocycles. The maximum atomic E-state index is 12.9. The molecule has 0 radical (unpaired) electrons. The molecular weight excluding hydrogens is 568 g/mol. The SMILES string of the molecule is O=C(Nc1ccccc1-c1ccccc1)NC1CCN(Cc2ccc(CN3CCOCCOCCOCCOCC3)cc2)CC1. The van der Waals surface area contributed by atoms with Crippen LogP contribution in [0.2, 0.25) is 0 Å². The first-order chi connectivity index (χ1) is 22.2. The molecule has 5 rings (SSSR count). The second-order valence-electron chi connectivity index (χ2n) is 11.6. The average molecular weight is 617 g/mol. The highest BCUT2D eigenvalue weighted by Crippen LogP contribution is 2.27. The molecule has 9 nitrogen and oxygen atoms in total. The molecular formula is C36H48N4O5. The molecule has 0 aromatic heterocycles. The molecule has 0 spiro atoms. The van der Waals surface area contributed by atoms with Crippen LogP contribution in [0.25, 0.3) is 11.1 Å². The van der Waals surface area contributed by atoms with Crippen LogP contribution in [0.5, 0.6) is 0 Å². The van der Waals surface area contributed by atoms with E-state index in [2.05, 4.69) is 56.8 Å². The van der Waals surface area contributed by atoms with Crippen molar-refractivity contribution >= 4 is 11.7 Å². The molecule has 242 valence electrons. The Bertz CT molecular complexity index is 1250. The third kappa shape index (κ3) is 11.5. The quantitative estimate of drug-likeness (QED) is 0.386. The molecule has 2 aliphatic heterocycles. The number of carbonyl (C=O) groups is 1. The number of hydrogen-bond donors (Lipinski definition) is 2. The number of likely N-dealkylation sites (tertiary alicyclic amines) is 1. The molecule has 2 saturated heterocycles. The lowest BCUT2D eigenvalue weighted by atomic mass is 10.0. The summed E-state index contributed by atoms with van der Waals surface area (Å²) >= 11 is 0. The Morgan fingerprint density at radius 1 is 0.600 bits per heavy atom. The predicted octanol–water partition coefficient (Wildman–Crippen LogP) is 5.02. The number of anilines is 1. The molecule has 0 bridgehead atoms. The fourth-order valence-corrected chi connectivity index (χ4v) is 5.73. The molecule has 2 amide bonds. The van der Waals surface area contributed by atoms with Gasteiger partial charge in [-0.25, -0.2) is 4.79 Å². The summed E-state index contributed by atoms with van der Waals surface area (Å²) in [4.78, 5) is 17.7. The minimum atomic E-state index is -0.146. The van der Waals surface area contributed by atoms with Crippen LogP contribution in [-0.2, 0) is 32.0 Å². The van der Waals surface area contributed by atoms with Gasteiger partial charge < -0.3 is 29.6 Å². The van der Waals surface area contributed by atoms with Crippen LogP contribution in [0.15, 0.2) is 78.9 Å². The highest BCUT2D eigenvalue weighted by molar-refractivity contribution is 5.94. The van der Waals surface area contributed by atoms with Crippen molar-refractivity contribution < 1.29 is 23.7 Å². The second kappa shape index (κ2) is 18.6. The smallest absolute Gasteiger partial charge is 0.319 e. The normalized spacial score (nSPS) is 18.8. The molecule has 2 aliphatic rings. The highest BCUT2D eigenvalue weighted by Gasteiger charge is 2.21. The molecule has 0 atom stereocenters. The van der Waals surface area contributed by atoms with Crippen molar-refractivity contribution in [2.45, 2.75) is 32.0 Å². The van der Waals surface area contributed by atoms with Gasteiger partial charge in [0.05, 0.1) is 58.5 Å². The summed E-state index contributed by atoms with van der Waals surface area (Å²) in [6.45, 7) is 10.3. The van der Waals surface area contributed by atoms with Gasteiger partial charge in [0, 0.05) is 50.9 Å². The molecule has 0 unspecified atom stereocenters. The Labute approximate surface area is 267 Å². The zero-order chi connectivity index (χ0) is 30.9. The first-order valence-electron chi connectivity index (χ1n) is 16.3. The van der Waals surface area contributed by atoms with E-state index in [4.69, 9.17) is 18.9 Å². The number of amides is 2. The fourth-order valence-electron chi connectivity index (χ4n) is 5.73. The van der Waals surface area contributed by atoms with Crippen LogP contribution < -0.4 is 10.6 Å². The lowest BCUT2D eigenvalue weighted by molar-refractivity contribution is 0.00206. The van der Waals surface area contributed by atoms with Gasteiger partial charge in [-0.1, -0.05) is 72.8 Å². The van der Waals surface area contributed by atoms with Crippen molar-refractivity contribution in [3.8, 4) is 11.1 Å². The van der Waals surface area contributed by atoms with Gasteiger partial charge >= 0.3 is 6.03 Å². The number of benzene rings is 3. The lowest BCUT2D eigenvalue weighted by Crippen LogP contribution is -2.45. The summed E-state index contributed by atoms with van der Waals surface area (Å²) in [6, 6.07) is 27.0. The predicted molar refractivity (Wildman–Crippen MR) is 177 cm³/mol. The van der Waals surface area contributed by atoms with Crippen LogP contribution in [0.1, 0.15) is 24.0 Å². The number of para-hydroxylation sites is 1. The van der Waals surface area contributed by atoms with Gasteiger partial charge in [-0.2, -0.15) is 0 Å². The van der Waals surface area contributed by atoms with Crippen LogP contribution in [-0.4, -0.2) is 101 Å². The van der Waals surface area contributed by atoms with Crippen molar-refractivity contribution in [2.24, 2.45) is 0 Å². The van der Waals surface area contributed by atoms with Crippen molar-refractivity contribution in [3.05, 3.63) is 90.0 Å². The molecule has 3 aromatic rings. The summed E-state index contributed by atoms with van der Waals surface area (Å²) in [5.41, 5.74) is 5.51. The molecule has 2 N–H and O–H groups in total. The van der Waals surface area contributed by atoms with E-state index in [1.807, 2.05) is 42.5 Å². The Hall–Kier alpha value is -3.31. The van der Waals surface area contributed by atoms with E-state index < -0.39 is 0 Å². The summed E-state index contributed by atoms with van der Waals surface area (Å²) < 4.78 is 22.6. The molecule has 2 fully saturated rings. The van der Waals surface area contributed by atoms with Gasteiger partial charge in [0.15, 0.2) is 0 Å². The molecule has 45 heavy (non-hydrogen) atoms. The van der Waals surface area contributed by atoms with Gasteiger partial charge in [0.1, 0.15) is 0 Å². The summed E-state index contributed by atoms with van der Waals surface area (Å²) in [5, 5.41) is 6.27. The third-order valence-electron chi connectivity index (χ3n) is 8.24. The van der Waals surface area contributed by atoms with Crippen LogP contribution >= 0.6 is 0 Å².